The number of amides is 1. The molecule has 0 bridgehead atoms. The van der Waals surface area contributed by atoms with Gasteiger partial charge in [0.15, 0.2) is 0 Å². The van der Waals surface area contributed by atoms with Gasteiger partial charge in [0.25, 0.3) is 0 Å². The van der Waals surface area contributed by atoms with Gasteiger partial charge in [-0.25, -0.2) is 0 Å². The molecule has 0 aromatic rings. The van der Waals surface area contributed by atoms with E-state index in [1.54, 1.807) is 20.1 Å². The molecule has 186 valence electrons. The number of alkyl halides is 1. The van der Waals surface area contributed by atoms with Crippen LogP contribution in [0.25, 0.3) is 0 Å². The zero-order chi connectivity index (χ0) is 23.0. The number of hydrogen-bond donors (Lipinski definition) is 5. The van der Waals surface area contributed by atoms with E-state index in [0.29, 0.717) is 5.92 Å². The van der Waals surface area contributed by atoms with Gasteiger partial charge in [-0.15, -0.1) is 35.8 Å². The molecule has 0 aliphatic carbocycles. The van der Waals surface area contributed by atoms with Crippen molar-refractivity contribution in [2.45, 2.75) is 87.3 Å². The van der Waals surface area contributed by atoms with E-state index in [1.807, 2.05) is 11.9 Å². The predicted molar refractivity (Wildman–Crippen MR) is 127 cm³/mol. The minimum atomic E-state index is -1.36. The monoisotopic (exact) mass is 506 g/mol. The standard InChI is InChI=1S/C18H33ClN2O5S.C2H6O.ClH/c1-5-6-10-7-11(21(3)8-10)17(25)20-12(9(2)19)16-14(23)13(22)15(24)18(26-16)27-4;1-2-3;/h9-16,18,22-24H,5-8H2,1-4H3,(H,20,25);3H,2H2,1H3;1H/t9-,10+,11-,12+,13-,14+,15+,16+,18+;;/m0../s1. The van der Waals surface area contributed by atoms with Crippen LogP contribution in [-0.2, 0) is 9.53 Å². The second-order valence-corrected chi connectivity index (χ2v) is 9.67. The van der Waals surface area contributed by atoms with Crippen LogP contribution < -0.4 is 5.32 Å². The van der Waals surface area contributed by atoms with Crippen LogP contribution >= 0.6 is 35.8 Å². The number of likely N-dealkylation sites (N-methyl/N-ethyl adjacent to an activating group) is 1. The highest BCUT2D eigenvalue weighted by molar-refractivity contribution is 7.99. The molecule has 0 spiro atoms. The lowest BCUT2D eigenvalue weighted by atomic mass is 9.92. The summed E-state index contributed by atoms with van der Waals surface area (Å²) in [6.07, 6.45) is -0.0980. The lowest BCUT2D eigenvalue weighted by Crippen LogP contribution is -2.65. The van der Waals surface area contributed by atoms with E-state index in [4.69, 9.17) is 21.4 Å². The minimum Gasteiger partial charge on any atom is -0.397 e. The molecule has 8 nitrogen and oxygen atoms in total. The quantitative estimate of drug-likeness (QED) is 0.321. The van der Waals surface area contributed by atoms with Crippen LogP contribution in [0.15, 0.2) is 0 Å². The van der Waals surface area contributed by atoms with Crippen LogP contribution in [0.5, 0.6) is 0 Å². The fourth-order valence-electron chi connectivity index (χ4n) is 4.11. The van der Waals surface area contributed by atoms with Crippen molar-refractivity contribution in [3.63, 3.8) is 0 Å². The molecular weight excluding hydrogens is 467 g/mol. The number of thioether (sulfide) groups is 1. The Morgan fingerprint density at radius 2 is 1.84 bits per heavy atom. The van der Waals surface area contributed by atoms with E-state index in [1.165, 1.54) is 11.8 Å². The Morgan fingerprint density at radius 3 is 2.32 bits per heavy atom. The third-order valence-corrected chi connectivity index (χ3v) is 6.76. The normalized spacial score (nSPS) is 35.4. The van der Waals surface area contributed by atoms with E-state index in [9.17, 15) is 20.1 Å². The van der Waals surface area contributed by atoms with Gasteiger partial charge in [0, 0.05) is 13.2 Å². The summed E-state index contributed by atoms with van der Waals surface area (Å²) in [5.41, 5.74) is -0.702. The van der Waals surface area contributed by atoms with Gasteiger partial charge in [-0.2, -0.15) is 0 Å². The molecule has 0 saturated carbocycles. The summed E-state index contributed by atoms with van der Waals surface area (Å²) >= 11 is 7.55. The molecule has 2 aliphatic heterocycles. The summed E-state index contributed by atoms with van der Waals surface area (Å²) in [5, 5.41) is 40.6. The fraction of sp³-hybridized carbons (Fsp3) is 0.950. The van der Waals surface area contributed by atoms with Crippen LogP contribution in [0.2, 0.25) is 0 Å². The lowest BCUT2D eigenvalue weighted by Gasteiger charge is -2.44. The Kier molecular flexibility index (Phi) is 15.2. The van der Waals surface area contributed by atoms with Crippen LogP contribution in [0.3, 0.4) is 0 Å². The summed E-state index contributed by atoms with van der Waals surface area (Å²) in [5.74, 6) is 0.350. The Hall–Kier alpha value is 0.160. The molecule has 1 amide bonds. The Morgan fingerprint density at radius 1 is 1.26 bits per heavy atom. The van der Waals surface area contributed by atoms with Gasteiger partial charge < -0.3 is 30.5 Å². The Balaban J connectivity index is 0.00000212. The number of nitrogens with one attached hydrogen (secondary N) is 1. The van der Waals surface area contributed by atoms with Gasteiger partial charge in [0.1, 0.15) is 29.9 Å². The number of carbonyl (C=O) groups is 1. The highest BCUT2D eigenvalue weighted by Gasteiger charge is 2.48. The number of carbonyl (C=O) groups excluding carboxylic acids is 1. The third kappa shape index (κ3) is 8.46. The fourth-order valence-corrected chi connectivity index (χ4v) is 5.00. The average molecular weight is 508 g/mol. The molecule has 0 aromatic carbocycles. The van der Waals surface area contributed by atoms with Crippen molar-refractivity contribution in [1.82, 2.24) is 10.2 Å². The molecule has 2 fully saturated rings. The number of halogens is 2. The largest absolute Gasteiger partial charge is 0.397 e. The van der Waals surface area contributed by atoms with Crippen molar-refractivity contribution in [3.05, 3.63) is 0 Å². The highest BCUT2D eigenvalue weighted by Crippen LogP contribution is 2.31. The molecule has 2 heterocycles. The Bertz CT molecular complexity index is 520. The Labute approximate surface area is 201 Å². The van der Waals surface area contributed by atoms with Gasteiger partial charge in [-0.3, -0.25) is 9.69 Å². The van der Waals surface area contributed by atoms with Gasteiger partial charge in [-0.05, 0) is 45.9 Å². The first kappa shape index (κ1) is 31.2. The van der Waals surface area contributed by atoms with E-state index in [2.05, 4.69) is 12.2 Å². The third-order valence-electron chi connectivity index (χ3n) is 5.63. The maximum Gasteiger partial charge on any atom is 0.237 e. The van der Waals surface area contributed by atoms with Crippen molar-refractivity contribution in [2.24, 2.45) is 5.92 Å². The first-order valence-corrected chi connectivity index (χ1v) is 12.3. The minimum absolute atomic E-state index is 0. The molecule has 0 aromatic heterocycles. The second-order valence-electron chi connectivity index (χ2n) is 8.05. The second kappa shape index (κ2) is 15.1. The molecule has 31 heavy (non-hydrogen) atoms. The first-order valence-electron chi connectivity index (χ1n) is 10.6. The van der Waals surface area contributed by atoms with Gasteiger partial charge in [-0.1, -0.05) is 13.3 Å². The summed E-state index contributed by atoms with van der Waals surface area (Å²) in [7, 11) is 1.94. The van der Waals surface area contributed by atoms with Crippen molar-refractivity contribution in [2.75, 3.05) is 26.5 Å². The van der Waals surface area contributed by atoms with E-state index < -0.39 is 41.3 Å². The zero-order valence-corrected chi connectivity index (χ0v) is 21.4. The predicted octanol–water partition coefficient (Wildman–Crippen LogP) is 0.810. The number of ether oxygens (including phenoxy) is 1. The maximum absolute atomic E-state index is 12.9. The zero-order valence-electron chi connectivity index (χ0n) is 19.0. The topological polar surface area (TPSA) is 122 Å². The van der Waals surface area contributed by atoms with Crippen LogP contribution in [0.4, 0.5) is 0 Å². The molecule has 0 unspecified atom stereocenters. The number of hydrogen-bond acceptors (Lipinski definition) is 8. The van der Waals surface area contributed by atoms with Crippen molar-refractivity contribution < 1.29 is 30.0 Å². The average Bonchev–Trinajstić information content (AvgIpc) is 3.06. The van der Waals surface area contributed by atoms with Crippen molar-refractivity contribution >= 4 is 41.7 Å². The molecule has 9 atom stereocenters. The van der Waals surface area contributed by atoms with Gasteiger partial charge in [0.2, 0.25) is 5.91 Å². The number of nitrogens with zero attached hydrogens (tertiary/aromatic N) is 1. The lowest BCUT2D eigenvalue weighted by molar-refractivity contribution is -0.205. The molecule has 2 rings (SSSR count). The van der Waals surface area contributed by atoms with E-state index >= 15 is 0 Å². The van der Waals surface area contributed by atoms with E-state index in [0.717, 1.165) is 25.8 Å². The van der Waals surface area contributed by atoms with Crippen LogP contribution in [0, 0.1) is 5.92 Å². The highest BCUT2D eigenvalue weighted by atomic mass is 35.5. The van der Waals surface area contributed by atoms with Crippen molar-refractivity contribution in [1.29, 1.82) is 0 Å². The molecular formula is C20H40Cl2N2O6S. The number of likely N-dealkylation sites (tertiary alicyclic amines) is 1. The first-order chi connectivity index (χ1) is 14.1. The number of aliphatic hydroxyl groups excluding tert-OH is 4. The number of aliphatic hydroxyl groups is 4. The summed E-state index contributed by atoms with van der Waals surface area (Å²) < 4.78 is 5.79. The SMILES string of the molecule is CCC[C@@H]1C[C@@H](C(=O)N[C@@H]([C@H]2O[C@H](SC)[C@H](O)[C@@H](O)[C@H]2O)[C@H](C)Cl)N(C)C1.CCO.Cl. The van der Waals surface area contributed by atoms with Crippen LogP contribution in [0.1, 0.15) is 40.0 Å². The molecule has 2 aliphatic rings. The maximum atomic E-state index is 12.9. The molecule has 2 saturated heterocycles. The summed E-state index contributed by atoms with van der Waals surface area (Å²) in [4.78, 5) is 14.9. The van der Waals surface area contributed by atoms with Crippen molar-refractivity contribution in [3.8, 4) is 0 Å². The summed E-state index contributed by atoms with van der Waals surface area (Å²) in [6.45, 7) is 6.67. The van der Waals surface area contributed by atoms with Gasteiger partial charge >= 0.3 is 0 Å². The van der Waals surface area contributed by atoms with Gasteiger partial charge in [0.05, 0.1) is 17.5 Å². The smallest absolute Gasteiger partial charge is 0.237 e. The molecule has 11 heteroatoms. The number of rotatable bonds is 7. The summed E-state index contributed by atoms with van der Waals surface area (Å²) in [6, 6.07) is -0.934. The van der Waals surface area contributed by atoms with Crippen LogP contribution in [-0.4, -0.2) is 105 Å². The molecule has 5 N–H and O–H groups in total. The molecule has 0 radical (unpaired) electrons. The van der Waals surface area contributed by atoms with E-state index in [-0.39, 0.29) is 31.0 Å².